The summed E-state index contributed by atoms with van der Waals surface area (Å²) in [5, 5.41) is 9.84. The highest BCUT2D eigenvalue weighted by Gasteiger charge is 2.20. The Bertz CT molecular complexity index is 949. The highest BCUT2D eigenvalue weighted by molar-refractivity contribution is 7.13. The molecular formula is C20H20N2O5S. The first-order chi connectivity index (χ1) is 13.6. The van der Waals surface area contributed by atoms with Crippen molar-refractivity contribution in [1.82, 2.24) is 10.2 Å². The highest BCUT2D eigenvalue weighted by Crippen LogP contribution is 2.29. The summed E-state index contributed by atoms with van der Waals surface area (Å²) in [4.78, 5) is 13.0. The highest BCUT2D eigenvalue weighted by atomic mass is 32.1. The van der Waals surface area contributed by atoms with Crippen molar-refractivity contribution in [2.24, 2.45) is 0 Å². The molecule has 0 aliphatic heterocycles. The van der Waals surface area contributed by atoms with Gasteiger partial charge in [-0.2, -0.15) is 0 Å². The van der Waals surface area contributed by atoms with Crippen molar-refractivity contribution >= 4 is 23.4 Å². The van der Waals surface area contributed by atoms with Gasteiger partial charge in [-0.25, -0.2) is 4.79 Å². The number of nitrogens with zero attached hydrogens (tertiary/aromatic N) is 2. The van der Waals surface area contributed by atoms with Crippen LogP contribution in [0.3, 0.4) is 0 Å². The van der Waals surface area contributed by atoms with E-state index in [1.807, 2.05) is 48.7 Å². The average Bonchev–Trinajstić information content (AvgIpc) is 3.38. The Balaban J connectivity index is 1.57. The van der Waals surface area contributed by atoms with Gasteiger partial charge in [0.1, 0.15) is 0 Å². The molecule has 0 bridgehead atoms. The van der Waals surface area contributed by atoms with Crippen LogP contribution in [0.4, 0.5) is 0 Å². The number of rotatable bonds is 8. The van der Waals surface area contributed by atoms with Gasteiger partial charge in [0.05, 0.1) is 12.0 Å². The molecule has 0 spiro atoms. The van der Waals surface area contributed by atoms with Gasteiger partial charge in [0, 0.05) is 0 Å². The number of thiophene rings is 1. The van der Waals surface area contributed by atoms with E-state index in [1.165, 1.54) is 11.3 Å². The number of esters is 1. The van der Waals surface area contributed by atoms with Crippen LogP contribution in [0.2, 0.25) is 0 Å². The van der Waals surface area contributed by atoms with E-state index in [1.54, 1.807) is 20.1 Å². The molecule has 1 atom stereocenters. The van der Waals surface area contributed by atoms with Crippen LogP contribution in [0.15, 0.2) is 46.2 Å². The first-order valence-electron chi connectivity index (χ1n) is 8.61. The number of aromatic nitrogens is 2. The van der Waals surface area contributed by atoms with E-state index >= 15 is 0 Å². The van der Waals surface area contributed by atoms with Gasteiger partial charge in [0.15, 0.2) is 24.2 Å². The van der Waals surface area contributed by atoms with Gasteiger partial charge < -0.3 is 18.6 Å². The second-order valence-corrected chi connectivity index (χ2v) is 6.70. The van der Waals surface area contributed by atoms with Crippen molar-refractivity contribution in [3.8, 4) is 22.3 Å². The fraction of sp³-hybridized carbons (Fsp3) is 0.250. The standard InChI is InChI=1S/C20H20N2O5S/c1-4-6-14-8-9-15(16(11-14)24-3)25-12-18(23)26-13(2)19-21-22-20(27-19)17-7-5-10-28-17/h4-11,13H,12H2,1-3H3/b6-4+/t13-/m1/s1. The first kappa shape index (κ1) is 19.6. The smallest absolute Gasteiger partial charge is 0.344 e. The molecule has 0 saturated carbocycles. The van der Waals surface area contributed by atoms with Crippen molar-refractivity contribution < 1.29 is 23.4 Å². The Kier molecular flexibility index (Phi) is 6.44. The lowest BCUT2D eigenvalue weighted by Crippen LogP contribution is -2.17. The van der Waals surface area contributed by atoms with Gasteiger partial charge in [-0.15, -0.1) is 21.5 Å². The molecule has 0 radical (unpaired) electrons. The summed E-state index contributed by atoms with van der Waals surface area (Å²) in [5.74, 6) is 1.06. The van der Waals surface area contributed by atoms with Crippen molar-refractivity contribution in [1.29, 1.82) is 0 Å². The number of carbonyl (C=O) groups excluding carboxylic acids is 1. The fourth-order valence-corrected chi connectivity index (χ4v) is 3.06. The Morgan fingerprint density at radius 2 is 2.14 bits per heavy atom. The van der Waals surface area contributed by atoms with Gasteiger partial charge in [-0.05, 0) is 43.0 Å². The molecule has 0 aliphatic rings. The van der Waals surface area contributed by atoms with Crippen LogP contribution >= 0.6 is 11.3 Å². The predicted molar refractivity (Wildman–Crippen MR) is 105 cm³/mol. The third-order valence-electron chi connectivity index (χ3n) is 3.72. The lowest BCUT2D eigenvalue weighted by atomic mass is 10.2. The van der Waals surface area contributed by atoms with E-state index in [-0.39, 0.29) is 12.5 Å². The summed E-state index contributed by atoms with van der Waals surface area (Å²) in [5.41, 5.74) is 0.973. The summed E-state index contributed by atoms with van der Waals surface area (Å²) >= 11 is 1.49. The minimum Gasteiger partial charge on any atom is -0.493 e. The van der Waals surface area contributed by atoms with Gasteiger partial charge in [0.2, 0.25) is 0 Å². The lowest BCUT2D eigenvalue weighted by molar-refractivity contribution is -0.152. The normalized spacial score (nSPS) is 12.1. The topological polar surface area (TPSA) is 83.7 Å². The molecule has 3 rings (SSSR count). The Hall–Kier alpha value is -3.13. The van der Waals surface area contributed by atoms with E-state index in [0.29, 0.717) is 17.4 Å². The third-order valence-corrected chi connectivity index (χ3v) is 4.58. The van der Waals surface area contributed by atoms with Crippen LogP contribution in [0.25, 0.3) is 16.8 Å². The average molecular weight is 400 g/mol. The summed E-state index contributed by atoms with van der Waals surface area (Å²) < 4.78 is 21.7. The van der Waals surface area contributed by atoms with Gasteiger partial charge >= 0.3 is 5.97 Å². The number of benzene rings is 1. The molecule has 2 heterocycles. The summed E-state index contributed by atoms with van der Waals surface area (Å²) in [6.07, 6.45) is 3.18. The summed E-state index contributed by atoms with van der Waals surface area (Å²) in [7, 11) is 1.54. The molecule has 0 N–H and O–H groups in total. The summed E-state index contributed by atoms with van der Waals surface area (Å²) in [6.45, 7) is 3.33. The molecule has 0 aliphatic carbocycles. The van der Waals surface area contributed by atoms with Crippen LogP contribution in [-0.2, 0) is 9.53 Å². The third kappa shape index (κ3) is 4.77. The first-order valence-corrected chi connectivity index (χ1v) is 9.49. The Morgan fingerprint density at radius 3 is 2.86 bits per heavy atom. The molecule has 7 nitrogen and oxygen atoms in total. The Morgan fingerprint density at radius 1 is 1.29 bits per heavy atom. The maximum Gasteiger partial charge on any atom is 0.344 e. The van der Waals surface area contributed by atoms with E-state index in [0.717, 1.165) is 10.4 Å². The van der Waals surface area contributed by atoms with E-state index in [2.05, 4.69) is 10.2 Å². The van der Waals surface area contributed by atoms with Gasteiger partial charge in [0.25, 0.3) is 11.8 Å². The van der Waals surface area contributed by atoms with Crippen LogP contribution < -0.4 is 9.47 Å². The Labute approximate surface area is 166 Å². The maximum absolute atomic E-state index is 12.1. The van der Waals surface area contributed by atoms with Gasteiger partial charge in [-0.3, -0.25) is 0 Å². The molecular weight excluding hydrogens is 380 g/mol. The zero-order valence-corrected chi connectivity index (χ0v) is 16.6. The molecule has 0 fully saturated rings. The minimum absolute atomic E-state index is 0.227. The van der Waals surface area contributed by atoms with Crippen molar-refractivity contribution in [2.45, 2.75) is 20.0 Å². The zero-order chi connectivity index (χ0) is 19.9. The molecule has 0 amide bonds. The number of ether oxygens (including phenoxy) is 3. The summed E-state index contributed by atoms with van der Waals surface area (Å²) in [6, 6.07) is 9.21. The molecule has 8 heteroatoms. The number of carbonyl (C=O) groups is 1. The molecule has 0 saturated heterocycles. The van der Waals surface area contributed by atoms with Crippen molar-refractivity contribution in [3.63, 3.8) is 0 Å². The monoisotopic (exact) mass is 400 g/mol. The fourth-order valence-electron chi connectivity index (χ4n) is 2.42. The quantitative estimate of drug-likeness (QED) is 0.514. The SMILES string of the molecule is C/C=C/c1ccc(OCC(=O)O[C@H](C)c2nnc(-c3cccs3)o2)c(OC)c1. The van der Waals surface area contributed by atoms with Crippen LogP contribution in [0.1, 0.15) is 31.4 Å². The molecule has 3 aromatic rings. The van der Waals surface area contributed by atoms with Crippen LogP contribution in [0, 0.1) is 0 Å². The number of hydrogen-bond donors (Lipinski definition) is 0. The predicted octanol–water partition coefficient (Wildman–Crippen LogP) is 4.52. The molecule has 0 unspecified atom stereocenters. The maximum atomic E-state index is 12.1. The van der Waals surface area contributed by atoms with E-state index in [9.17, 15) is 4.79 Å². The lowest BCUT2D eigenvalue weighted by Gasteiger charge is -2.12. The molecule has 28 heavy (non-hydrogen) atoms. The van der Waals surface area contributed by atoms with Gasteiger partial charge in [-0.1, -0.05) is 24.3 Å². The molecule has 2 aromatic heterocycles. The van der Waals surface area contributed by atoms with E-state index in [4.69, 9.17) is 18.6 Å². The molecule has 1 aromatic carbocycles. The second-order valence-electron chi connectivity index (χ2n) is 5.75. The van der Waals surface area contributed by atoms with Crippen LogP contribution in [-0.4, -0.2) is 29.9 Å². The number of hydrogen-bond acceptors (Lipinski definition) is 8. The number of allylic oxidation sites excluding steroid dienone is 1. The minimum atomic E-state index is -0.684. The van der Waals surface area contributed by atoms with Crippen molar-refractivity contribution in [3.05, 3.63) is 53.2 Å². The van der Waals surface area contributed by atoms with Crippen LogP contribution in [0.5, 0.6) is 11.5 Å². The second kappa shape index (κ2) is 9.18. The largest absolute Gasteiger partial charge is 0.493 e. The van der Waals surface area contributed by atoms with E-state index < -0.39 is 12.1 Å². The molecule has 146 valence electrons. The number of methoxy groups -OCH3 is 1. The zero-order valence-electron chi connectivity index (χ0n) is 15.7. The van der Waals surface area contributed by atoms with Crippen molar-refractivity contribution in [2.75, 3.05) is 13.7 Å².